The zero-order valence-electron chi connectivity index (χ0n) is 12.2. The molecular weight excluding hydrogens is 224 g/mol. The molecule has 2 rings (SSSR count). The van der Waals surface area contributed by atoms with Gasteiger partial charge in [-0.1, -0.05) is 19.8 Å². The summed E-state index contributed by atoms with van der Waals surface area (Å²) in [5.41, 5.74) is -0.0537. The predicted octanol–water partition coefficient (Wildman–Crippen LogP) is 2.02. The molecule has 3 heteroatoms. The van der Waals surface area contributed by atoms with Gasteiger partial charge in [0, 0.05) is 37.6 Å². The number of aldehydes is 1. The molecular formula is C15H28N2O. The molecule has 1 aliphatic carbocycles. The van der Waals surface area contributed by atoms with Gasteiger partial charge in [-0.25, -0.2) is 0 Å². The summed E-state index contributed by atoms with van der Waals surface area (Å²) in [5.74, 6) is 0.715. The van der Waals surface area contributed by atoms with Crippen molar-refractivity contribution in [2.24, 2.45) is 11.3 Å². The van der Waals surface area contributed by atoms with Gasteiger partial charge in [-0.2, -0.15) is 0 Å². The Balaban J connectivity index is 1.99. The fraction of sp³-hybridized carbons (Fsp3) is 0.933. The average Bonchev–Trinajstić information content (AvgIpc) is 2.33. The second-order valence-corrected chi connectivity index (χ2v) is 6.76. The van der Waals surface area contributed by atoms with Crippen molar-refractivity contribution in [3.05, 3.63) is 0 Å². The van der Waals surface area contributed by atoms with Crippen molar-refractivity contribution in [2.75, 3.05) is 33.2 Å². The lowest BCUT2D eigenvalue weighted by Crippen LogP contribution is -2.54. The molecule has 2 aliphatic rings. The minimum atomic E-state index is -0.0537. The van der Waals surface area contributed by atoms with Crippen LogP contribution in [0.5, 0.6) is 0 Å². The fourth-order valence-corrected chi connectivity index (χ4v) is 3.81. The Labute approximate surface area is 112 Å². The van der Waals surface area contributed by atoms with E-state index in [1.54, 1.807) is 0 Å². The van der Waals surface area contributed by atoms with Crippen LogP contribution in [0.25, 0.3) is 0 Å². The molecule has 3 atom stereocenters. The maximum absolute atomic E-state index is 11.6. The van der Waals surface area contributed by atoms with Crippen molar-refractivity contribution in [2.45, 2.75) is 45.6 Å². The molecule has 1 aliphatic heterocycles. The second kappa shape index (κ2) is 5.70. The van der Waals surface area contributed by atoms with Gasteiger partial charge in [-0.05, 0) is 32.7 Å². The van der Waals surface area contributed by atoms with Gasteiger partial charge in [-0.15, -0.1) is 0 Å². The summed E-state index contributed by atoms with van der Waals surface area (Å²) in [6.07, 6.45) is 5.99. The molecule has 3 nitrogen and oxygen atoms in total. The number of carbonyl (C=O) groups excluding carboxylic acids is 1. The van der Waals surface area contributed by atoms with Crippen molar-refractivity contribution < 1.29 is 4.79 Å². The molecule has 18 heavy (non-hydrogen) atoms. The molecule has 0 aromatic carbocycles. The van der Waals surface area contributed by atoms with E-state index < -0.39 is 0 Å². The van der Waals surface area contributed by atoms with Crippen LogP contribution >= 0.6 is 0 Å². The number of carbonyl (C=O) groups is 1. The highest BCUT2D eigenvalue weighted by Crippen LogP contribution is 2.38. The number of likely N-dealkylation sites (N-methyl/N-ethyl adjacent to an activating group) is 1. The van der Waals surface area contributed by atoms with Crippen LogP contribution in [0.15, 0.2) is 0 Å². The number of piperazine rings is 1. The molecule has 1 saturated carbocycles. The summed E-state index contributed by atoms with van der Waals surface area (Å²) in [5, 5.41) is 0. The third-order valence-corrected chi connectivity index (χ3v) is 4.86. The van der Waals surface area contributed by atoms with Crippen molar-refractivity contribution in [3.8, 4) is 0 Å². The first kappa shape index (κ1) is 14.0. The van der Waals surface area contributed by atoms with Gasteiger partial charge in [0.15, 0.2) is 0 Å². The Morgan fingerprint density at radius 2 is 2.11 bits per heavy atom. The number of nitrogens with zero attached hydrogens (tertiary/aromatic N) is 2. The number of hydrogen-bond donors (Lipinski definition) is 0. The van der Waals surface area contributed by atoms with E-state index >= 15 is 0 Å². The van der Waals surface area contributed by atoms with Crippen molar-refractivity contribution in [3.63, 3.8) is 0 Å². The van der Waals surface area contributed by atoms with E-state index in [4.69, 9.17) is 0 Å². The molecule has 0 radical (unpaired) electrons. The van der Waals surface area contributed by atoms with Gasteiger partial charge < -0.3 is 9.69 Å². The van der Waals surface area contributed by atoms with E-state index in [1.807, 2.05) is 0 Å². The highest BCUT2D eigenvalue weighted by molar-refractivity contribution is 5.60. The first-order valence-electron chi connectivity index (χ1n) is 7.43. The lowest BCUT2D eigenvalue weighted by molar-refractivity contribution is -0.121. The first-order chi connectivity index (χ1) is 8.54. The third kappa shape index (κ3) is 3.12. The van der Waals surface area contributed by atoms with Crippen LogP contribution in [0, 0.1) is 11.3 Å². The van der Waals surface area contributed by atoms with Crippen LogP contribution < -0.4 is 0 Å². The van der Waals surface area contributed by atoms with Gasteiger partial charge in [0.25, 0.3) is 0 Å². The summed E-state index contributed by atoms with van der Waals surface area (Å²) in [6, 6.07) is 0.581. The molecule has 0 spiro atoms. The van der Waals surface area contributed by atoms with Gasteiger partial charge in [0.2, 0.25) is 0 Å². The lowest BCUT2D eigenvalue weighted by atomic mass is 9.70. The van der Waals surface area contributed by atoms with Crippen LogP contribution in [0.4, 0.5) is 0 Å². The minimum Gasteiger partial charge on any atom is -0.304 e. The molecule has 0 aromatic rings. The largest absolute Gasteiger partial charge is 0.304 e. The second-order valence-electron chi connectivity index (χ2n) is 6.76. The van der Waals surface area contributed by atoms with E-state index in [1.165, 1.54) is 19.1 Å². The minimum absolute atomic E-state index is 0.0537. The van der Waals surface area contributed by atoms with Crippen molar-refractivity contribution in [1.29, 1.82) is 0 Å². The first-order valence-corrected chi connectivity index (χ1v) is 7.43. The molecule has 1 heterocycles. The summed E-state index contributed by atoms with van der Waals surface area (Å²) < 4.78 is 0. The molecule has 3 unspecified atom stereocenters. The number of hydrogen-bond acceptors (Lipinski definition) is 3. The molecule has 0 aromatic heterocycles. The highest BCUT2D eigenvalue weighted by atomic mass is 16.1. The molecule has 0 bridgehead atoms. The monoisotopic (exact) mass is 252 g/mol. The van der Waals surface area contributed by atoms with E-state index in [0.29, 0.717) is 12.0 Å². The number of rotatable bonds is 3. The van der Waals surface area contributed by atoms with Crippen LogP contribution in [-0.2, 0) is 4.79 Å². The molecule has 1 saturated heterocycles. The van der Waals surface area contributed by atoms with Gasteiger partial charge >= 0.3 is 0 Å². The molecule has 0 amide bonds. The van der Waals surface area contributed by atoms with Crippen LogP contribution in [0.1, 0.15) is 39.5 Å². The third-order valence-electron chi connectivity index (χ3n) is 4.86. The Kier molecular flexibility index (Phi) is 4.44. The van der Waals surface area contributed by atoms with Crippen molar-refractivity contribution in [1.82, 2.24) is 9.80 Å². The molecule has 104 valence electrons. The zero-order valence-corrected chi connectivity index (χ0v) is 12.2. The van der Waals surface area contributed by atoms with Gasteiger partial charge in [0.05, 0.1) is 0 Å². The predicted molar refractivity (Wildman–Crippen MR) is 74.7 cm³/mol. The van der Waals surface area contributed by atoms with E-state index in [2.05, 4.69) is 30.7 Å². The summed E-state index contributed by atoms with van der Waals surface area (Å²) in [4.78, 5) is 16.6. The molecule has 0 N–H and O–H groups in total. The smallest absolute Gasteiger partial charge is 0.127 e. The van der Waals surface area contributed by atoms with Crippen LogP contribution in [-0.4, -0.2) is 55.4 Å². The Bertz CT molecular complexity index is 294. The van der Waals surface area contributed by atoms with Gasteiger partial charge in [-0.3, -0.25) is 4.90 Å². The Morgan fingerprint density at radius 1 is 1.33 bits per heavy atom. The standard InChI is InChI=1S/C15H28N2O/c1-13-5-4-6-15(9-13,12-18)11-17-8-7-16(3)10-14(17)2/h12-14H,4-11H2,1-3H3. The quantitative estimate of drug-likeness (QED) is 0.718. The maximum atomic E-state index is 11.6. The average molecular weight is 252 g/mol. The molecule has 2 fully saturated rings. The van der Waals surface area contributed by atoms with Crippen LogP contribution in [0.2, 0.25) is 0 Å². The Hall–Kier alpha value is -0.410. The van der Waals surface area contributed by atoms with Gasteiger partial charge in [0.1, 0.15) is 6.29 Å². The summed E-state index contributed by atoms with van der Waals surface area (Å²) >= 11 is 0. The van der Waals surface area contributed by atoms with E-state index in [0.717, 1.165) is 39.0 Å². The van der Waals surface area contributed by atoms with E-state index in [-0.39, 0.29) is 5.41 Å². The zero-order chi connectivity index (χ0) is 13.2. The fourth-order valence-electron chi connectivity index (χ4n) is 3.81. The Morgan fingerprint density at radius 3 is 2.72 bits per heavy atom. The van der Waals surface area contributed by atoms with E-state index in [9.17, 15) is 4.79 Å². The normalized spacial score (nSPS) is 39.7. The van der Waals surface area contributed by atoms with Crippen molar-refractivity contribution >= 4 is 6.29 Å². The summed E-state index contributed by atoms with van der Waals surface area (Å²) in [7, 11) is 2.19. The lowest BCUT2D eigenvalue weighted by Gasteiger charge is -2.44. The maximum Gasteiger partial charge on any atom is 0.127 e. The summed E-state index contributed by atoms with van der Waals surface area (Å²) in [6.45, 7) is 8.95. The van der Waals surface area contributed by atoms with Crippen LogP contribution in [0.3, 0.4) is 0 Å². The topological polar surface area (TPSA) is 23.6 Å². The highest BCUT2D eigenvalue weighted by Gasteiger charge is 2.38. The SMILES string of the molecule is CC1CCCC(C=O)(CN2CCN(C)CC2C)C1.